The fourth-order valence-electron chi connectivity index (χ4n) is 4.31. The number of halogens is 3. The van der Waals surface area contributed by atoms with Crippen LogP contribution in [0.2, 0.25) is 0 Å². The van der Waals surface area contributed by atoms with Gasteiger partial charge in [0.1, 0.15) is 6.54 Å². The van der Waals surface area contributed by atoms with Gasteiger partial charge in [0.15, 0.2) is 0 Å². The monoisotopic (exact) mass is 501 g/mol. The van der Waals surface area contributed by atoms with Crippen LogP contribution < -0.4 is 0 Å². The molecule has 0 bridgehead atoms. The zero-order valence-corrected chi connectivity index (χ0v) is 20.3. The number of nitrogens with zero attached hydrogens (tertiary/aromatic N) is 2. The minimum Gasteiger partial charge on any atom is -0.465 e. The summed E-state index contributed by atoms with van der Waals surface area (Å²) >= 11 is 0. The summed E-state index contributed by atoms with van der Waals surface area (Å²) in [5.74, 6) is -1.21. The quantitative estimate of drug-likeness (QED) is 0.426. The molecular formula is C23H30F3N3O4S. The van der Waals surface area contributed by atoms with Gasteiger partial charge in [-0.2, -0.15) is 17.5 Å². The molecular weight excluding hydrogens is 471 g/mol. The number of carbonyl (C=O) groups is 1. The van der Waals surface area contributed by atoms with Gasteiger partial charge in [0.25, 0.3) is 0 Å². The molecule has 0 radical (unpaired) electrons. The summed E-state index contributed by atoms with van der Waals surface area (Å²) < 4.78 is 73.7. The van der Waals surface area contributed by atoms with Crippen molar-refractivity contribution in [2.24, 2.45) is 10.9 Å². The molecule has 2 atom stereocenters. The first-order valence-electron chi connectivity index (χ1n) is 11.2. The molecule has 11 heteroatoms. The van der Waals surface area contributed by atoms with E-state index in [2.05, 4.69) is 4.99 Å². The van der Waals surface area contributed by atoms with Crippen LogP contribution in [0.1, 0.15) is 57.1 Å². The molecule has 7 nitrogen and oxygen atoms in total. The molecule has 1 aromatic carbocycles. The van der Waals surface area contributed by atoms with Crippen LogP contribution >= 0.6 is 0 Å². The zero-order chi connectivity index (χ0) is 25.3. The number of esters is 1. The van der Waals surface area contributed by atoms with Gasteiger partial charge in [0.05, 0.1) is 17.1 Å². The average molecular weight is 502 g/mol. The number of hydrogen-bond acceptors (Lipinski definition) is 6. The highest BCUT2D eigenvalue weighted by molar-refractivity contribution is 7.89. The van der Waals surface area contributed by atoms with E-state index in [4.69, 9.17) is 10.1 Å². The van der Waals surface area contributed by atoms with Crippen LogP contribution in [0.15, 0.2) is 28.1 Å². The van der Waals surface area contributed by atoms with Gasteiger partial charge in [-0.25, -0.2) is 8.42 Å². The van der Waals surface area contributed by atoms with Crippen molar-refractivity contribution in [3.05, 3.63) is 29.3 Å². The van der Waals surface area contributed by atoms with E-state index >= 15 is 0 Å². The van der Waals surface area contributed by atoms with Crippen LogP contribution in [0.4, 0.5) is 13.2 Å². The van der Waals surface area contributed by atoms with Crippen molar-refractivity contribution < 1.29 is 31.1 Å². The minimum atomic E-state index is -4.68. The molecule has 2 unspecified atom stereocenters. The van der Waals surface area contributed by atoms with Crippen molar-refractivity contribution in [3.63, 3.8) is 0 Å². The summed E-state index contributed by atoms with van der Waals surface area (Å²) in [6, 6.07) is 2.35. The fourth-order valence-corrected chi connectivity index (χ4v) is 5.79. The molecule has 0 aromatic heterocycles. The highest BCUT2D eigenvalue weighted by atomic mass is 32.2. The highest BCUT2D eigenvalue weighted by Gasteiger charge is 2.43. The predicted octanol–water partition coefficient (Wildman–Crippen LogP) is 4.20. The number of alkyl halides is 3. The molecule has 2 saturated carbocycles. The van der Waals surface area contributed by atoms with E-state index in [0.717, 1.165) is 16.6 Å². The van der Waals surface area contributed by atoms with E-state index in [1.165, 1.54) is 13.1 Å². The Morgan fingerprint density at radius 1 is 1.32 bits per heavy atom. The second-order valence-electron chi connectivity index (χ2n) is 9.09. The number of nitrogens with one attached hydrogen (secondary N) is 1. The van der Waals surface area contributed by atoms with Gasteiger partial charge in [0.2, 0.25) is 10.0 Å². The number of ether oxygens (including phenoxy) is 1. The lowest BCUT2D eigenvalue weighted by Crippen LogP contribution is -2.47. The Labute approximate surface area is 197 Å². The SMILES string of the molecule is CCOC(=O)CN=C1CCCC(N(C)S(=O)(=O)c2cc(C(F)(F)F)cc(C3(C)CC3)c2)C1C=N. The summed E-state index contributed by atoms with van der Waals surface area (Å²) in [5.41, 5.74) is -0.580. The summed E-state index contributed by atoms with van der Waals surface area (Å²) in [4.78, 5) is 15.5. The van der Waals surface area contributed by atoms with E-state index in [1.54, 1.807) is 6.92 Å². The third-order valence-corrected chi connectivity index (χ3v) is 8.56. The van der Waals surface area contributed by atoms with Gasteiger partial charge in [-0.3, -0.25) is 9.79 Å². The Bertz CT molecular complexity index is 1060. The van der Waals surface area contributed by atoms with Gasteiger partial charge in [0, 0.05) is 30.9 Å². The lowest BCUT2D eigenvalue weighted by Gasteiger charge is -2.36. The maximum absolute atomic E-state index is 13.6. The van der Waals surface area contributed by atoms with Gasteiger partial charge < -0.3 is 10.1 Å². The van der Waals surface area contributed by atoms with Crippen LogP contribution in [0, 0.1) is 11.3 Å². The molecule has 0 aliphatic heterocycles. The fraction of sp³-hybridized carbons (Fsp3) is 0.609. The van der Waals surface area contributed by atoms with Gasteiger partial charge in [-0.1, -0.05) is 6.92 Å². The van der Waals surface area contributed by atoms with Crippen molar-refractivity contribution in [1.29, 1.82) is 5.41 Å². The maximum Gasteiger partial charge on any atom is 0.416 e. The molecule has 0 spiro atoms. The van der Waals surface area contributed by atoms with Crippen LogP contribution in [-0.2, 0) is 31.1 Å². The lowest BCUT2D eigenvalue weighted by molar-refractivity contribution is -0.141. The number of rotatable bonds is 8. The van der Waals surface area contributed by atoms with E-state index in [-0.39, 0.29) is 13.2 Å². The van der Waals surface area contributed by atoms with Crippen molar-refractivity contribution in [2.75, 3.05) is 20.2 Å². The third kappa shape index (κ3) is 5.51. The first-order chi connectivity index (χ1) is 15.8. The largest absolute Gasteiger partial charge is 0.465 e. The zero-order valence-electron chi connectivity index (χ0n) is 19.5. The first-order valence-corrected chi connectivity index (χ1v) is 12.7. The Kier molecular flexibility index (Phi) is 7.57. The minimum absolute atomic E-state index is 0.208. The number of hydrogen-bond donors (Lipinski definition) is 1. The molecule has 0 amide bonds. The van der Waals surface area contributed by atoms with Crippen molar-refractivity contribution in [2.45, 2.75) is 68.5 Å². The molecule has 1 N–H and O–H groups in total. The normalized spacial score (nSPS) is 23.7. The van der Waals surface area contributed by atoms with E-state index in [9.17, 15) is 26.4 Å². The summed E-state index contributed by atoms with van der Waals surface area (Å²) in [6.07, 6.45) is -0.719. The molecule has 2 aliphatic rings. The van der Waals surface area contributed by atoms with E-state index in [0.29, 0.717) is 49.4 Å². The van der Waals surface area contributed by atoms with Crippen LogP contribution in [0.25, 0.3) is 0 Å². The standard InChI is InChI=1S/C23H30F3N3O4S/c1-4-33-21(30)14-28-19-6-5-7-20(18(19)13-27)29(3)34(31,32)17-11-15(22(2)8-9-22)10-16(12-17)23(24,25)26/h10-13,18,20,27H,4-9,14H2,1-3H3. The van der Waals surface area contributed by atoms with Crippen molar-refractivity contribution >= 4 is 27.9 Å². The van der Waals surface area contributed by atoms with Gasteiger partial charge in [-0.05, 0) is 68.2 Å². The van der Waals surface area contributed by atoms with Gasteiger partial charge in [-0.15, -0.1) is 0 Å². The summed E-state index contributed by atoms with van der Waals surface area (Å²) in [7, 11) is -2.98. The Hall–Kier alpha value is -2.27. The van der Waals surface area contributed by atoms with E-state index in [1.807, 2.05) is 6.92 Å². The summed E-state index contributed by atoms with van der Waals surface area (Å²) in [5, 5.41) is 7.88. The number of benzene rings is 1. The van der Waals surface area contributed by atoms with E-state index < -0.39 is 50.0 Å². The molecule has 3 rings (SSSR count). The smallest absolute Gasteiger partial charge is 0.416 e. The topological polar surface area (TPSA) is 99.9 Å². The number of carbonyl (C=O) groups excluding carboxylic acids is 1. The number of sulfonamides is 1. The van der Waals surface area contributed by atoms with Crippen LogP contribution in [-0.4, -0.2) is 56.9 Å². The van der Waals surface area contributed by atoms with Crippen LogP contribution in [0.5, 0.6) is 0 Å². The maximum atomic E-state index is 13.6. The molecule has 2 fully saturated rings. The highest BCUT2D eigenvalue weighted by Crippen LogP contribution is 2.49. The molecule has 1 aromatic rings. The average Bonchev–Trinajstić information content (AvgIpc) is 3.54. The van der Waals surface area contributed by atoms with Crippen molar-refractivity contribution in [3.8, 4) is 0 Å². The molecule has 0 heterocycles. The Balaban J connectivity index is 1.95. The first kappa shape index (κ1) is 26.3. The molecule has 0 saturated heterocycles. The van der Waals surface area contributed by atoms with Crippen LogP contribution in [0.3, 0.4) is 0 Å². The third-order valence-electron chi connectivity index (χ3n) is 6.70. The van der Waals surface area contributed by atoms with Crippen molar-refractivity contribution in [1.82, 2.24) is 4.31 Å². The second kappa shape index (κ2) is 9.77. The summed E-state index contributed by atoms with van der Waals surface area (Å²) in [6.45, 7) is 3.47. The molecule has 34 heavy (non-hydrogen) atoms. The van der Waals surface area contributed by atoms with Gasteiger partial charge >= 0.3 is 12.1 Å². The predicted molar refractivity (Wildman–Crippen MR) is 122 cm³/mol. The molecule has 2 aliphatic carbocycles. The Morgan fingerprint density at radius 3 is 2.56 bits per heavy atom. The Morgan fingerprint density at radius 2 is 2.00 bits per heavy atom. The lowest BCUT2D eigenvalue weighted by atomic mass is 9.83. The molecule has 188 valence electrons. The number of aliphatic imine (C=N–C) groups is 1. The second-order valence-corrected chi connectivity index (χ2v) is 11.1.